The fraction of sp³-hybridized carbons (Fsp3) is 0.449. The molecular formula is C49H55FN6O11. The number of carbonyl (C=O) groups is 7. The van der Waals surface area contributed by atoms with Crippen molar-refractivity contribution in [2.75, 3.05) is 13.1 Å². The number of nitrogens with zero attached hydrogens (tertiary/aromatic N) is 2. The quantitative estimate of drug-likeness (QED) is 0.0842. The minimum atomic E-state index is -2.05. The number of hydrogen-bond donors (Lipinski definition) is 5. The number of aromatic nitrogens is 2. The largest absolute Gasteiger partial charge is 0.459 e. The maximum atomic E-state index is 15.4. The average molecular weight is 923 g/mol. The standard InChI is InChI=1S/C49H55FN6O11/c1-6-49(65)33-19-38-43-31(23-56(38)45(62)32(33)24-66-47(49)64)42-36(14-13-30-25(2)34(50)20-37(55-43)41(30)42)54-40(60)22-53-44(61)27(16-26-10-8-7-9-11-26)17-29(58)21-52-39(59)15-12-28(57)18-35(51)46(63)67-48(3,4)5/h7-11,19-20,27,35-36,65H,6,12-18,21-24,51H2,1-5H3,(H,52,59)(H,53,61)(H,54,60)/t27-,35+,36+,49+/m1/s1. The van der Waals surface area contributed by atoms with Gasteiger partial charge in [-0.3, -0.25) is 33.6 Å². The Morgan fingerprint density at radius 1 is 0.985 bits per heavy atom. The fourth-order valence-corrected chi connectivity index (χ4v) is 9.11. The second-order valence-corrected chi connectivity index (χ2v) is 18.5. The van der Waals surface area contributed by atoms with Crippen LogP contribution in [-0.4, -0.2) is 80.6 Å². The highest BCUT2D eigenvalue weighted by Gasteiger charge is 2.46. The van der Waals surface area contributed by atoms with Crippen LogP contribution in [0.4, 0.5) is 4.39 Å². The Hall–Kier alpha value is -6.66. The molecule has 4 atom stereocenters. The van der Waals surface area contributed by atoms with Crippen molar-refractivity contribution in [1.29, 1.82) is 0 Å². The number of pyridine rings is 2. The number of ether oxygens (including phenoxy) is 2. The van der Waals surface area contributed by atoms with E-state index >= 15 is 4.39 Å². The van der Waals surface area contributed by atoms with Gasteiger partial charge in [-0.15, -0.1) is 0 Å². The van der Waals surface area contributed by atoms with E-state index in [9.17, 15) is 43.5 Å². The van der Waals surface area contributed by atoms with Gasteiger partial charge in [-0.05, 0) is 81.7 Å². The third kappa shape index (κ3) is 10.2. The molecule has 67 heavy (non-hydrogen) atoms. The van der Waals surface area contributed by atoms with Crippen LogP contribution in [0.1, 0.15) is 111 Å². The molecule has 6 N–H and O–H groups in total. The molecule has 2 aromatic carbocycles. The van der Waals surface area contributed by atoms with Gasteiger partial charge in [0.05, 0.1) is 48.1 Å². The molecule has 0 bridgehead atoms. The van der Waals surface area contributed by atoms with Crippen LogP contribution in [0.5, 0.6) is 0 Å². The predicted molar refractivity (Wildman–Crippen MR) is 240 cm³/mol. The fourth-order valence-electron chi connectivity index (χ4n) is 9.11. The van der Waals surface area contributed by atoms with Crippen LogP contribution >= 0.6 is 0 Å². The summed E-state index contributed by atoms with van der Waals surface area (Å²) in [5.74, 6) is -5.59. The predicted octanol–water partition coefficient (Wildman–Crippen LogP) is 3.09. The lowest BCUT2D eigenvalue weighted by molar-refractivity contribution is -0.172. The summed E-state index contributed by atoms with van der Waals surface area (Å²) >= 11 is 0. The molecular weight excluding hydrogens is 868 g/mol. The molecule has 17 nitrogen and oxygen atoms in total. The van der Waals surface area contributed by atoms with Gasteiger partial charge in [-0.25, -0.2) is 14.2 Å². The van der Waals surface area contributed by atoms with Crippen LogP contribution in [0, 0.1) is 18.7 Å². The molecule has 0 saturated carbocycles. The Morgan fingerprint density at radius 2 is 1.72 bits per heavy atom. The van der Waals surface area contributed by atoms with E-state index in [1.54, 1.807) is 71.0 Å². The number of ketones is 2. The third-order valence-electron chi connectivity index (χ3n) is 12.6. The van der Waals surface area contributed by atoms with E-state index in [0.29, 0.717) is 51.8 Å². The number of Topliss-reactive ketones (excluding diaryl/α,β-unsaturated/α-hetero) is 2. The Bertz CT molecular complexity index is 2770. The maximum absolute atomic E-state index is 15.4. The summed E-state index contributed by atoms with van der Waals surface area (Å²) in [4.78, 5) is 110. The molecule has 0 fully saturated rings. The summed E-state index contributed by atoms with van der Waals surface area (Å²) in [5, 5.41) is 20.2. The second-order valence-electron chi connectivity index (χ2n) is 18.5. The van der Waals surface area contributed by atoms with Gasteiger partial charge in [-0.2, -0.15) is 0 Å². The molecule has 2 aliphatic heterocycles. The molecule has 0 radical (unpaired) electrons. The molecule has 4 heterocycles. The van der Waals surface area contributed by atoms with Crippen molar-refractivity contribution in [3.63, 3.8) is 0 Å². The first-order valence-electron chi connectivity index (χ1n) is 22.4. The summed E-state index contributed by atoms with van der Waals surface area (Å²) < 4.78 is 27.3. The Morgan fingerprint density at radius 3 is 2.42 bits per heavy atom. The molecule has 354 valence electrons. The molecule has 0 saturated heterocycles. The molecule has 0 unspecified atom stereocenters. The lowest BCUT2D eigenvalue weighted by Gasteiger charge is -2.31. The first-order valence-corrected chi connectivity index (χ1v) is 22.4. The van der Waals surface area contributed by atoms with Crippen molar-refractivity contribution in [3.05, 3.63) is 97.6 Å². The number of hydrogen-bond acceptors (Lipinski definition) is 13. The zero-order valence-electron chi connectivity index (χ0n) is 38.1. The number of cyclic esters (lactones) is 1. The number of rotatable bonds is 17. The molecule has 3 amide bonds. The number of nitrogens with two attached hydrogens (primary N) is 1. The van der Waals surface area contributed by atoms with Gasteiger partial charge in [0.15, 0.2) is 11.4 Å². The summed E-state index contributed by atoms with van der Waals surface area (Å²) in [6.45, 7) is 7.15. The van der Waals surface area contributed by atoms with Crippen LogP contribution in [0.2, 0.25) is 0 Å². The zero-order valence-corrected chi connectivity index (χ0v) is 38.1. The molecule has 4 aromatic rings. The van der Waals surface area contributed by atoms with Gasteiger partial charge in [0.2, 0.25) is 17.7 Å². The van der Waals surface area contributed by atoms with Gasteiger partial charge >= 0.3 is 11.9 Å². The van der Waals surface area contributed by atoms with E-state index in [1.807, 2.05) is 0 Å². The smallest absolute Gasteiger partial charge is 0.343 e. The Kier molecular flexibility index (Phi) is 13.9. The third-order valence-corrected chi connectivity index (χ3v) is 12.6. The number of amides is 3. The highest BCUT2D eigenvalue weighted by molar-refractivity contribution is 5.95. The van der Waals surface area contributed by atoms with Crippen molar-refractivity contribution in [2.45, 2.75) is 122 Å². The number of fused-ring (bicyclic) bond motifs is 5. The van der Waals surface area contributed by atoms with E-state index in [4.69, 9.17) is 20.2 Å². The van der Waals surface area contributed by atoms with E-state index in [-0.39, 0.29) is 62.8 Å². The second kappa shape index (κ2) is 19.3. The first kappa shape index (κ1) is 48.3. The summed E-state index contributed by atoms with van der Waals surface area (Å²) in [5.41, 5.74) is 6.93. The number of esters is 2. The van der Waals surface area contributed by atoms with E-state index in [2.05, 4.69) is 16.0 Å². The van der Waals surface area contributed by atoms with Gasteiger partial charge < -0.3 is 40.8 Å². The molecule has 2 aromatic heterocycles. The normalized spacial score (nSPS) is 17.9. The van der Waals surface area contributed by atoms with Crippen LogP contribution in [-0.2, 0) is 74.6 Å². The van der Waals surface area contributed by atoms with Crippen molar-refractivity contribution < 1.29 is 52.5 Å². The van der Waals surface area contributed by atoms with Gasteiger partial charge in [-0.1, -0.05) is 37.3 Å². The van der Waals surface area contributed by atoms with E-state index < -0.39 is 94.9 Å². The Balaban J connectivity index is 1.03. The highest BCUT2D eigenvalue weighted by Crippen LogP contribution is 2.46. The lowest BCUT2D eigenvalue weighted by atomic mass is 9.81. The van der Waals surface area contributed by atoms with Crippen LogP contribution in [0.25, 0.3) is 22.3 Å². The first-order chi connectivity index (χ1) is 31.7. The van der Waals surface area contributed by atoms with Crippen molar-refractivity contribution in [3.8, 4) is 11.4 Å². The summed E-state index contributed by atoms with van der Waals surface area (Å²) in [6, 6.07) is 10.0. The summed E-state index contributed by atoms with van der Waals surface area (Å²) in [6.07, 6.45) is -0.201. The van der Waals surface area contributed by atoms with Crippen molar-refractivity contribution in [1.82, 2.24) is 25.5 Å². The molecule has 1 aliphatic carbocycles. The summed E-state index contributed by atoms with van der Waals surface area (Å²) in [7, 11) is 0. The average Bonchev–Trinajstić information content (AvgIpc) is 3.65. The minimum absolute atomic E-state index is 0.0465. The monoisotopic (exact) mass is 922 g/mol. The molecule has 18 heteroatoms. The number of aryl methyl sites for hydroxylation is 1. The molecule has 0 spiro atoms. The Labute approximate surface area is 385 Å². The van der Waals surface area contributed by atoms with Crippen LogP contribution in [0.15, 0.2) is 47.3 Å². The molecule has 7 rings (SSSR count). The highest BCUT2D eigenvalue weighted by atomic mass is 19.1. The molecule has 3 aliphatic rings. The minimum Gasteiger partial charge on any atom is -0.459 e. The lowest BCUT2D eigenvalue weighted by Crippen LogP contribution is -2.44. The van der Waals surface area contributed by atoms with E-state index in [0.717, 1.165) is 11.1 Å². The van der Waals surface area contributed by atoms with E-state index in [1.165, 1.54) is 10.6 Å². The number of carbonyl (C=O) groups excluding carboxylic acids is 7. The van der Waals surface area contributed by atoms with Crippen LogP contribution < -0.4 is 27.2 Å². The van der Waals surface area contributed by atoms with Crippen molar-refractivity contribution in [2.24, 2.45) is 11.7 Å². The van der Waals surface area contributed by atoms with Gasteiger partial charge in [0, 0.05) is 54.2 Å². The number of aliphatic hydroxyl groups is 1. The van der Waals surface area contributed by atoms with Gasteiger partial charge in [0.1, 0.15) is 29.9 Å². The van der Waals surface area contributed by atoms with Crippen molar-refractivity contribution >= 4 is 52.1 Å². The van der Waals surface area contributed by atoms with Gasteiger partial charge in [0.25, 0.3) is 5.56 Å². The topological polar surface area (TPSA) is 255 Å². The SMILES string of the molecule is CC[C@@]1(O)C(=O)OCc2c1cc1n(c2=O)Cc2c-1nc1cc(F)c(C)c3c1c2[C@@H](NC(=O)CNC(=O)[C@@H](CC(=O)CNC(=O)CCC(=O)C[C@H](N)C(=O)OC(C)(C)C)Cc1ccccc1)CC3. The number of halogens is 1. The number of nitrogens with one attached hydrogen (secondary N) is 3. The zero-order chi connectivity index (χ0) is 48.5. The van der Waals surface area contributed by atoms with Crippen LogP contribution in [0.3, 0.4) is 0 Å². The maximum Gasteiger partial charge on any atom is 0.343 e. The number of benzene rings is 2.